The van der Waals surface area contributed by atoms with Gasteiger partial charge < -0.3 is 10.2 Å². The Morgan fingerprint density at radius 2 is 2.00 bits per heavy atom. The molecule has 4 nitrogen and oxygen atoms in total. The Kier molecular flexibility index (Phi) is 4.76. The number of rotatable bonds is 5. The predicted octanol–water partition coefficient (Wildman–Crippen LogP) is 1.79. The van der Waals surface area contributed by atoms with E-state index >= 15 is 0 Å². The van der Waals surface area contributed by atoms with Crippen LogP contribution in [0.3, 0.4) is 0 Å². The van der Waals surface area contributed by atoms with Crippen LogP contribution < -0.4 is 5.32 Å². The standard InChI is InChI=1S/C14H24N2O2S/c1-3-11-12(17)16(9-10-19-4-2)14(13(18)15-11)7-5-6-8-14/h11H,3-10H2,1-2H3,(H,15,18). The molecular formula is C14H24N2O2S. The summed E-state index contributed by atoms with van der Waals surface area (Å²) in [4.78, 5) is 26.9. The van der Waals surface area contributed by atoms with Gasteiger partial charge in [0.2, 0.25) is 11.8 Å². The Bertz CT molecular complexity index is 353. The molecule has 0 bridgehead atoms. The third kappa shape index (κ3) is 2.62. The van der Waals surface area contributed by atoms with E-state index in [1.807, 2.05) is 23.6 Å². The van der Waals surface area contributed by atoms with Crippen molar-refractivity contribution in [1.29, 1.82) is 0 Å². The Labute approximate surface area is 119 Å². The lowest BCUT2D eigenvalue weighted by Crippen LogP contribution is -2.69. The number of piperazine rings is 1. The summed E-state index contributed by atoms with van der Waals surface area (Å²) in [6.45, 7) is 4.78. The topological polar surface area (TPSA) is 49.4 Å². The molecule has 1 aliphatic heterocycles. The van der Waals surface area contributed by atoms with Gasteiger partial charge in [-0.05, 0) is 25.0 Å². The molecule has 2 fully saturated rings. The normalized spacial score (nSPS) is 26.0. The van der Waals surface area contributed by atoms with Gasteiger partial charge in [-0.15, -0.1) is 0 Å². The second-order valence-electron chi connectivity index (χ2n) is 5.36. The van der Waals surface area contributed by atoms with E-state index in [9.17, 15) is 9.59 Å². The highest BCUT2D eigenvalue weighted by molar-refractivity contribution is 7.99. The molecule has 1 heterocycles. The van der Waals surface area contributed by atoms with E-state index in [1.165, 1.54) is 0 Å². The third-order valence-electron chi connectivity index (χ3n) is 4.31. The number of amides is 2. The Balaban J connectivity index is 2.18. The molecule has 1 unspecified atom stereocenters. The first-order valence-corrected chi connectivity index (χ1v) is 8.51. The van der Waals surface area contributed by atoms with Crippen molar-refractivity contribution in [1.82, 2.24) is 10.2 Å². The van der Waals surface area contributed by atoms with Crippen molar-refractivity contribution in [3.8, 4) is 0 Å². The van der Waals surface area contributed by atoms with Crippen LogP contribution >= 0.6 is 11.8 Å². The number of carbonyl (C=O) groups is 2. The summed E-state index contributed by atoms with van der Waals surface area (Å²) in [5.74, 6) is 2.19. The average Bonchev–Trinajstić information content (AvgIpc) is 2.89. The lowest BCUT2D eigenvalue weighted by atomic mass is 9.89. The summed E-state index contributed by atoms with van der Waals surface area (Å²) < 4.78 is 0. The van der Waals surface area contributed by atoms with E-state index in [0.29, 0.717) is 13.0 Å². The number of hydrogen-bond acceptors (Lipinski definition) is 3. The first kappa shape index (κ1) is 14.7. The number of nitrogens with zero attached hydrogens (tertiary/aromatic N) is 1. The fourth-order valence-corrected chi connectivity index (χ4v) is 3.83. The fraction of sp³-hybridized carbons (Fsp3) is 0.857. The average molecular weight is 284 g/mol. The highest BCUT2D eigenvalue weighted by atomic mass is 32.2. The largest absolute Gasteiger partial charge is 0.342 e. The van der Waals surface area contributed by atoms with Gasteiger partial charge in [-0.25, -0.2) is 0 Å². The minimum Gasteiger partial charge on any atom is -0.342 e. The molecule has 0 radical (unpaired) electrons. The van der Waals surface area contributed by atoms with Crippen molar-refractivity contribution < 1.29 is 9.59 Å². The van der Waals surface area contributed by atoms with E-state index in [1.54, 1.807) is 0 Å². The van der Waals surface area contributed by atoms with Crippen LogP contribution in [-0.4, -0.2) is 46.3 Å². The highest BCUT2D eigenvalue weighted by Crippen LogP contribution is 2.38. The second-order valence-corrected chi connectivity index (χ2v) is 6.75. The van der Waals surface area contributed by atoms with Gasteiger partial charge in [0, 0.05) is 12.3 Å². The van der Waals surface area contributed by atoms with Crippen LogP contribution in [0.4, 0.5) is 0 Å². The molecule has 0 aromatic rings. The first-order valence-electron chi connectivity index (χ1n) is 7.36. The van der Waals surface area contributed by atoms with Crippen molar-refractivity contribution in [3.05, 3.63) is 0 Å². The van der Waals surface area contributed by atoms with Gasteiger partial charge in [0.25, 0.3) is 0 Å². The van der Waals surface area contributed by atoms with Crippen molar-refractivity contribution >= 4 is 23.6 Å². The van der Waals surface area contributed by atoms with Gasteiger partial charge in [-0.3, -0.25) is 9.59 Å². The lowest BCUT2D eigenvalue weighted by Gasteiger charge is -2.46. The zero-order chi connectivity index (χ0) is 13.9. The van der Waals surface area contributed by atoms with Gasteiger partial charge in [0.15, 0.2) is 0 Å². The molecule has 1 aliphatic carbocycles. The van der Waals surface area contributed by atoms with Crippen LogP contribution in [0, 0.1) is 0 Å². The van der Waals surface area contributed by atoms with Crippen molar-refractivity contribution in [2.75, 3.05) is 18.1 Å². The van der Waals surface area contributed by atoms with Crippen LogP contribution in [0.2, 0.25) is 0 Å². The van der Waals surface area contributed by atoms with Crippen LogP contribution in [0.1, 0.15) is 46.0 Å². The van der Waals surface area contributed by atoms with Gasteiger partial charge >= 0.3 is 0 Å². The van der Waals surface area contributed by atoms with E-state index in [2.05, 4.69) is 12.2 Å². The highest BCUT2D eigenvalue weighted by Gasteiger charge is 2.52. The van der Waals surface area contributed by atoms with Crippen LogP contribution in [0.15, 0.2) is 0 Å². The molecule has 2 amide bonds. The minimum atomic E-state index is -0.531. The fourth-order valence-electron chi connectivity index (χ4n) is 3.23. The van der Waals surface area contributed by atoms with Crippen LogP contribution in [0.25, 0.3) is 0 Å². The molecule has 19 heavy (non-hydrogen) atoms. The van der Waals surface area contributed by atoms with E-state index < -0.39 is 5.54 Å². The van der Waals surface area contributed by atoms with Crippen molar-refractivity contribution in [3.63, 3.8) is 0 Å². The molecule has 1 spiro atoms. The minimum absolute atomic E-state index is 0.0814. The second kappa shape index (κ2) is 6.16. The zero-order valence-corrected chi connectivity index (χ0v) is 12.7. The molecule has 2 rings (SSSR count). The molecule has 1 saturated heterocycles. The Morgan fingerprint density at radius 1 is 1.32 bits per heavy atom. The monoisotopic (exact) mass is 284 g/mol. The summed E-state index contributed by atoms with van der Waals surface area (Å²) in [6.07, 6.45) is 4.44. The summed E-state index contributed by atoms with van der Waals surface area (Å²) in [5.41, 5.74) is -0.531. The maximum atomic E-state index is 12.6. The van der Waals surface area contributed by atoms with E-state index in [-0.39, 0.29) is 17.9 Å². The lowest BCUT2D eigenvalue weighted by molar-refractivity contribution is -0.157. The summed E-state index contributed by atoms with van der Waals surface area (Å²) in [6, 6.07) is -0.314. The SMILES string of the molecule is CCSCCN1C(=O)C(CC)NC(=O)C12CCCC2. The van der Waals surface area contributed by atoms with Crippen LogP contribution in [0.5, 0.6) is 0 Å². The maximum absolute atomic E-state index is 12.6. The van der Waals surface area contributed by atoms with E-state index in [4.69, 9.17) is 0 Å². The van der Waals surface area contributed by atoms with Gasteiger partial charge in [-0.2, -0.15) is 11.8 Å². The number of nitrogens with one attached hydrogen (secondary N) is 1. The van der Waals surface area contributed by atoms with Gasteiger partial charge in [-0.1, -0.05) is 26.7 Å². The third-order valence-corrected chi connectivity index (χ3v) is 5.19. The maximum Gasteiger partial charge on any atom is 0.246 e. The summed E-state index contributed by atoms with van der Waals surface area (Å²) in [7, 11) is 0. The molecule has 1 saturated carbocycles. The summed E-state index contributed by atoms with van der Waals surface area (Å²) >= 11 is 1.83. The smallest absolute Gasteiger partial charge is 0.246 e. The van der Waals surface area contributed by atoms with Crippen molar-refractivity contribution in [2.24, 2.45) is 0 Å². The molecule has 5 heteroatoms. The molecule has 1 atom stereocenters. The Morgan fingerprint density at radius 3 is 2.58 bits per heavy atom. The summed E-state index contributed by atoms with van der Waals surface area (Å²) in [5, 5.41) is 2.93. The molecular weight excluding hydrogens is 260 g/mol. The zero-order valence-electron chi connectivity index (χ0n) is 11.9. The molecule has 0 aromatic heterocycles. The Hall–Kier alpha value is -0.710. The van der Waals surface area contributed by atoms with Gasteiger partial charge in [0.1, 0.15) is 11.6 Å². The predicted molar refractivity (Wildman–Crippen MR) is 78.1 cm³/mol. The van der Waals surface area contributed by atoms with Crippen molar-refractivity contribution in [2.45, 2.75) is 57.5 Å². The molecule has 1 N–H and O–H groups in total. The molecule has 2 aliphatic rings. The molecule has 0 aromatic carbocycles. The van der Waals surface area contributed by atoms with Gasteiger partial charge in [0.05, 0.1) is 0 Å². The van der Waals surface area contributed by atoms with E-state index in [0.717, 1.165) is 37.2 Å². The first-order chi connectivity index (χ1) is 9.15. The number of hydrogen-bond donors (Lipinski definition) is 1. The quantitative estimate of drug-likeness (QED) is 0.783. The van der Waals surface area contributed by atoms with Crippen LogP contribution in [-0.2, 0) is 9.59 Å². The number of thioether (sulfide) groups is 1. The molecule has 108 valence electrons. The number of carbonyl (C=O) groups excluding carboxylic acids is 2.